The molecule has 5 rings (SSSR count). The molecular formula is C20H12O2. The van der Waals surface area contributed by atoms with Gasteiger partial charge < -0.3 is 9.84 Å². The van der Waals surface area contributed by atoms with Crippen LogP contribution in [0.15, 0.2) is 66.7 Å². The third kappa shape index (κ3) is 1.39. The SMILES string of the molecule is Oc1ccc2cccc3c2c1-c1c(ccc2ccccc12)O3. The van der Waals surface area contributed by atoms with Gasteiger partial charge in [-0.15, -0.1) is 0 Å². The van der Waals surface area contributed by atoms with Gasteiger partial charge in [0, 0.05) is 16.5 Å². The number of hydrogen-bond donors (Lipinski definition) is 1. The molecule has 4 aromatic carbocycles. The van der Waals surface area contributed by atoms with E-state index in [-0.39, 0.29) is 0 Å². The maximum atomic E-state index is 10.5. The first-order chi connectivity index (χ1) is 10.8. The van der Waals surface area contributed by atoms with E-state index in [4.69, 9.17) is 4.74 Å². The van der Waals surface area contributed by atoms with Gasteiger partial charge in [0.15, 0.2) is 0 Å². The van der Waals surface area contributed by atoms with Gasteiger partial charge in [-0.3, -0.25) is 0 Å². The minimum Gasteiger partial charge on any atom is -0.507 e. The molecule has 2 heteroatoms. The van der Waals surface area contributed by atoms with Crippen LogP contribution in [-0.4, -0.2) is 5.11 Å². The zero-order chi connectivity index (χ0) is 14.7. The summed E-state index contributed by atoms with van der Waals surface area (Å²) >= 11 is 0. The molecule has 1 N–H and O–H groups in total. The predicted molar refractivity (Wildman–Crippen MR) is 88.6 cm³/mol. The van der Waals surface area contributed by atoms with Crippen LogP contribution in [0.3, 0.4) is 0 Å². The van der Waals surface area contributed by atoms with Crippen LogP contribution >= 0.6 is 0 Å². The molecule has 1 heterocycles. The van der Waals surface area contributed by atoms with E-state index in [9.17, 15) is 5.11 Å². The van der Waals surface area contributed by atoms with Gasteiger partial charge in [-0.25, -0.2) is 0 Å². The second kappa shape index (κ2) is 4.01. The number of ether oxygens (including phenoxy) is 1. The van der Waals surface area contributed by atoms with E-state index in [1.807, 2.05) is 42.5 Å². The van der Waals surface area contributed by atoms with Gasteiger partial charge in [0.2, 0.25) is 0 Å². The normalized spacial score (nSPS) is 12.2. The fraction of sp³-hybridized carbons (Fsp3) is 0. The Morgan fingerprint density at radius 2 is 1.45 bits per heavy atom. The molecule has 0 amide bonds. The van der Waals surface area contributed by atoms with Crippen molar-refractivity contribution in [3.05, 3.63) is 66.7 Å². The first-order valence-electron chi connectivity index (χ1n) is 7.27. The van der Waals surface area contributed by atoms with E-state index in [1.165, 1.54) is 0 Å². The zero-order valence-corrected chi connectivity index (χ0v) is 11.7. The Balaban J connectivity index is 2.05. The van der Waals surface area contributed by atoms with Gasteiger partial charge >= 0.3 is 0 Å². The van der Waals surface area contributed by atoms with Crippen molar-refractivity contribution >= 4 is 21.5 Å². The molecule has 0 spiro atoms. The lowest BCUT2D eigenvalue weighted by Crippen LogP contribution is -1.98. The van der Waals surface area contributed by atoms with Gasteiger partial charge in [-0.1, -0.05) is 48.5 Å². The van der Waals surface area contributed by atoms with Crippen molar-refractivity contribution in [3.8, 4) is 28.4 Å². The summed E-state index contributed by atoms with van der Waals surface area (Å²) in [4.78, 5) is 0. The lowest BCUT2D eigenvalue weighted by atomic mass is 9.90. The fourth-order valence-electron chi connectivity index (χ4n) is 3.39. The standard InChI is InChI=1S/C20H12O2/c21-15-10-8-13-5-3-7-16-18(13)20(15)19-14-6-2-1-4-12(14)9-11-17(19)22-16/h1-11,21H. The molecule has 4 aromatic rings. The molecule has 0 bridgehead atoms. The highest BCUT2D eigenvalue weighted by Crippen LogP contribution is 2.52. The molecule has 2 nitrogen and oxygen atoms in total. The molecule has 0 fully saturated rings. The molecule has 22 heavy (non-hydrogen) atoms. The molecule has 0 saturated carbocycles. The smallest absolute Gasteiger partial charge is 0.136 e. The molecule has 0 aromatic heterocycles. The van der Waals surface area contributed by atoms with Crippen LogP contribution in [0.25, 0.3) is 32.7 Å². The molecule has 1 aliphatic rings. The third-order valence-electron chi connectivity index (χ3n) is 4.35. The molecular weight excluding hydrogens is 272 g/mol. The predicted octanol–water partition coefficient (Wildman–Crippen LogP) is 5.47. The Morgan fingerprint density at radius 3 is 2.41 bits per heavy atom. The van der Waals surface area contributed by atoms with Crippen molar-refractivity contribution in [2.75, 3.05) is 0 Å². The molecule has 0 saturated heterocycles. The Kier molecular flexibility index (Phi) is 2.12. The number of hydrogen-bond acceptors (Lipinski definition) is 2. The zero-order valence-electron chi connectivity index (χ0n) is 11.7. The van der Waals surface area contributed by atoms with Crippen molar-refractivity contribution in [1.29, 1.82) is 0 Å². The molecule has 0 aliphatic carbocycles. The summed E-state index contributed by atoms with van der Waals surface area (Å²) in [5.74, 6) is 1.88. The molecule has 104 valence electrons. The van der Waals surface area contributed by atoms with Crippen molar-refractivity contribution in [2.45, 2.75) is 0 Å². The number of aromatic hydroxyl groups is 1. The number of phenolic OH excluding ortho intramolecular Hbond substituents is 1. The van der Waals surface area contributed by atoms with E-state index in [2.05, 4.69) is 18.2 Å². The van der Waals surface area contributed by atoms with Gasteiger partial charge in [0.05, 0.1) is 0 Å². The summed E-state index contributed by atoms with van der Waals surface area (Å²) in [5.41, 5.74) is 1.84. The quantitative estimate of drug-likeness (QED) is 0.408. The summed E-state index contributed by atoms with van der Waals surface area (Å²) in [6.07, 6.45) is 0. The van der Waals surface area contributed by atoms with Gasteiger partial charge in [0.1, 0.15) is 17.2 Å². The number of fused-ring (bicyclic) bond motifs is 4. The second-order valence-corrected chi connectivity index (χ2v) is 5.58. The van der Waals surface area contributed by atoms with Crippen molar-refractivity contribution in [3.63, 3.8) is 0 Å². The first-order valence-corrected chi connectivity index (χ1v) is 7.27. The lowest BCUT2D eigenvalue weighted by molar-refractivity contribution is 0.469. The van der Waals surface area contributed by atoms with Crippen LogP contribution < -0.4 is 4.74 Å². The van der Waals surface area contributed by atoms with Crippen molar-refractivity contribution in [2.24, 2.45) is 0 Å². The number of phenols is 1. The molecule has 0 radical (unpaired) electrons. The van der Waals surface area contributed by atoms with E-state index in [0.717, 1.165) is 44.2 Å². The van der Waals surface area contributed by atoms with E-state index in [1.54, 1.807) is 6.07 Å². The first kappa shape index (κ1) is 11.6. The minimum absolute atomic E-state index is 0.292. The number of rotatable bonds is 0. The van der Waals surface area contributed by atoms with Gasteiger partial charge in [0.25, 0.3) is 0 Å². The molecule has 1 aliphatic heterocycles. The Labute approximate surface area is 127 Å². The summed E-state index contributed by atoms with van der Waals surface area (Å²) in [5, 5.41) is 14.8. The monoisotopic (exact) mass is 284 g/mol. The fourth-order valence-corrected chi connectivity index (χ4v) is 3.39. The van der Waals surface area contributed by atoms with Crippen molar-refractivity contribution in [1.82, 2.24) is 0 Å². The largest absolute Gasteiger partial charge is 0.507 e. The van der Waals surface area contributed by atoms with E-state index >= 15 is 0 Å². The van der Waals surface area contributed by atoms with E-state index < -0.39 is 0 Å². The van der Waals surface area contributed by atoms with Gasteiger partial charge in [-0.05, 0) is 34.4 Å². The average molecular weight is 284 g/mol. The Morgan fingerprint density at radius 1 is 0.636 bits per heavy atom. The minimum atomic E-state index is 0.292. The summed E-state index contributed by atoms with van der Waals surface area (Å²) in [6, 6.07) is 21.9. The highest BCUT2D eigenvalue weighted by Gasteiger charge is 2.24. The molecule has 0 atom stereocenters. The summed E-state index contributed by atoms with van der Waals surface area (Å²) in [7, 11) is 0. The van der Waals surface area contributed by atoms with Crippen LogP contribution in [-0.2, 0) is 0 Å². The Hall–Kier alpha value is -3.00. The maximum absolute atomic E-state index is 10.5. The number of benzene rings is 4. The Bertz CT molecular complexity index is 1060. The maximum Gasteiger partial charge on any atom is 0.136 e. The molecule has 0 unspecified atom stereocenters. The average Bonchev–Trinajstić information content (AvgIpc) is 2.57. The van der Waals surface area contributed by atoms with Gasteiger partial charge in [-0.2, -0.15) is 0 Å². The van der Waals surface area contributed by atoms with Crippen molar-refractivity contribution < 1.29 is 9.84 Å². The van der Waals surface area contributed by atoms with Crippen LogP contribution in [0.4, 0.5) is 0 Å². The second-order valence-electron chi connectivity index (χ2n) is 5.58. The van der Waals surface area contributed by atoms with Crippen LogP contribution in [0, 0.1) is 0 Å². The highest BCUT2D eigenvalue weighted by atomic mass is 16.5. The summed E-state index contributed by atoms with van der Waals surface area (Å²) < 4.78 is 6.10. The van der Waals surface area contributed by atoms with Crippen LogP contribution in [0.5, 0.6) is 17.2 Å². The van der Waals surface area contributed by atoms with E-state index in [0.29, 0.717) is 5.75 Å². The van der Waals surface area contributed by atoms with Crippen LogP contribution in [0.1, 0.15) is 0 Å². The third-order valence-corrected chi connectivity index (χ3v) is 4.35. The lowest BCUT2D eigenvalue weighted by Gasteiger charge is -2.23. The topological polar surface area (TPSA) is 29.5 Å². The summed E-state index contributed by atoms with van der Waals surface area (Å²) in [6.45, 7) is 0. The van der Waals surface area contributed by atoms with Crippen LogP contribution in [0.2, 0.25) is 0 Å². The highest BCUT2D eigenvalue weighted by molar-refractivity contribution is 6.13.